The van der Waals surface area contributed by atoms with Crippen LogP contribution in [0.3, 0.4) is 0 Å². The summed E-state index contributed by atoms with van der Waals surface area (Å²) in [6.07, 6.45) is -16.8. The smallest absolute Gasteiger partial charge is 0.434 e. The molecule has 0 amide bonds. The van der Waals surface area contributed by atoms with Crippen LogP contribution in [0.1, 0.15) is 47.5 Å². The lowest BCUT2D eigenvalue weighted by molar-refractivity contribution is -0.315. The highest BCUT2D eigenvalue weighted by Gasteiger charge is 2.71. The molecule has 11 heteroatoms. The zero-order valence-corrected chi connectivity index (χ0v) is 18.4. The Bertz CT molecular complexity index is 726. The average molecular weight is 474 g/mol. The second-order valence-electron chi connectivity index (χ2n) is 10.5. The second kappa shape index (κ2) is 8.06. The summed E-state index contributed by atoms with van der Waals surface area (Å²) < 4.78 is 93.0. The van der Waals surface area contributed by atoms with Crippen molar-refractivity contribution >= 4 is 11.9 Å². The lowest BCUT2D eigenvalue weighted by Gasteiger charge is -2.39. The van der Waals surface area contributed by atoms with E-state index in [4.69, 9.17) is 9.47 Å². The fourth-order valence-corrected chi connectivity index (χ4v) is 5.24. The Hall–Kier alpha value is -1.52. The van der Waals surface area contributed by atoms with E-state index >= 15 is 0 Å². The van der Waals surface area contributed by atoms with Gasteiger partial charge in [0.05, 0.1) is 24.0 Å². The minimum absolute atomic E-state index is 0.243. The van der Waals surface area contributed by atoms with Gasteiger partial charge in [-0.15, -0.1) is 0 Å². The maximum absolute atomic E-state index is 12.9. The molecule has 1 heterocycles. The number of fused-ring (bicyclic) bond motifs is 1. The highest BCUT2D eigenvalue weighted by atomic mass is 19.4. The van der Waals surface area contributed by atoms with E-state index in [2.05, 4.69) is 4.74 Å². The molecule has 2 aliphatic carbocycles. The van der Waals surface area contributed by atoms with Crippen LogP contribution in [0, 0.1) is 35.0 Å². The van der Waals surface area contributed by atoms with Crippen molar-refractivity contribution in [1.82, 2.24) is 0 Å². The minimum atomic E-state index is -5.82. The summed E-state index contributed by atoms with van der Waals surface area (Å²) in [7, 11) is 0. The van der Waals surface area contributed by atoms with E-state index < -0.39 is 66.3 Å². The van der Waals surface area contributed by atoms with Crippen molar-refractivity contribution in [2.24, 2.45) is 35.0 Å². The molecule has 0 radical (unpaired) electrons. The monoisotopic (exact) mass is 474 g/mol. The molecule has 7 unspecified atom stereocenters. The quantitative estimate of drug-likeness (QED) is 0.414. The van der Waals surface area contributed by atoms with Crippen LogP contribution < -0.4 is 0 Å². The van der Waals surface area contributed by atoms with Crippen LogP contribution in [0.15, 0.2) is 0 Å². The molecule has 7 atom stereocenters. The van der Waals surface area contributed by atoms with Gasteiger partial charge in [0.2, 0.25) is 0 Å². The summed E-state index contributed by atoms with van der Waals surface area (Å²) in [5.41, 5.74) is -0.332. The van der Waals surface area contributed by atoms with E-state index in [1.165, 1.54) is 0 Å². The molecular formula is C21H28F6O5. The van der Waals surface area contributed by atoms with Crippen molar-refractivity contribution in [3.63, 3.8) is 0 Å². The van der Waals surface area contributed by atoms with Gasteiger partial charge in [0.25, 0.3) is 6.10 Å². The van der Waals surface area contributed by atoms with Crippen LogP contribution in [-0.4, -0.2) is 48.7 Å². The van der Waals surface area contributed by atoms with Gasteiger partial charge >= 0.3 is 24.3 Å². The van der Waals surface area contributed by atoms with Crippen LogP contribution >= 0.6 is 0 Å². The fraction of sp³-hybridized carbons (Fsp3) is 0.905. The fourth-order valence-electron chi connectivity index (χ4n) is 5.24. The molecule has 2 bridgehead atoms. The molecule has 1 saturated heterocycles. The standard InChI is InChI=1S/C21H28F6O5/c1-8(2)6-11(19(3,4)5)30-14-9-7-10-12(16(28)31-15(10)14)13(9)17(29)32-18(20(22,23)24)21(25,26)27/h8-15,18H,6-7H2,1-5H3. The predicted octanol–water partition coefficient (Wildman–Crippen LogP) is 4.68. The van der Waals surface area contributed by atoms with Gasteiger partial charge < -0.3 is 14.2 Å². The zero-order chi connectivity index (χ0) is 24.4. The Labute approximate surface area is 182 Å². The number of hydrogen-bond acceptors (Lipinski definition) is 5. The number of hydrogen-bond donors (Lipinski definition) is 0. The highest BCUT2D eigenvalue weighted by molar-refractivity contribution is 5.86. The molecule has 0 aromatic carbocycles. The lowest BCUT2D eigenvalue weighted by atomic mass is 9.77. The Kier molecular flexibility index (Phi) is 6.32. The predicted molar refractivity (Wildman–Crippen MR) is 98.0 cm³/mol. The van der Waals surface area contributed by atoms with E-state index in [1.807, 2.05) is 34.6 Å². The molecule has 2 saturated carbocycles. The Balaban J connectivity index is 1.86. The van der Waals surface area contributed by atoms with E-state index in [-0.39, 0.29) is 23.9 Å². The first-order valence-electron chi connectivity index (χ1n) is 10.6. The molecule has 5 nitrogen and oxygen atoms in total. The Morgan fingerprint density at radius 2 is 1.62 bits per heavy atom. The van der Waals surface area contributed by atoms with E-state index in [1.54, 1.807) is 0 Å². The van der Waals surface area contributed by atoms with E-state index in [0.29, 0.717) is 6.42 Å². The molecule has 0 N–H and O–H groups in total. The highest BCUT2D eigenvalue weighted by Crippen LogP contribution is 2.59. The maximum Gasteiger partial charge on any atom is 0.434 e. The molecule has 3 aliphatic rings. The number of carbonyl (C=O) groups is 2. The normalized spacial score (nSPS) is 33.2. The van der Waals surface area contributed by atoms with Crippen molar-refractivity contribution < 1.29 is 50.1 Å². The van der Waals surface area contributed by atoms with Crippen molar-refractivity contribution in [2.45, 2.75) is 84.2 Å². The average Bonchev–Trinajstić information content (AvgIpc) is 3.18. The van der Waals surface area contributed by atoms with Crippen LogP contribution in [0.2, 0.25) is 0 Å². The number of esters is 2. The van der Waals surface area contributed by atoms with Crippen molar-refractivity contribution in [3.8, 4) is 0 Å². The first-order chi connectivity index (χ1) is 14.4. The zero-order valence-electron chi connectivity index (χ0n) is 18.4. The van der Waals surface area contributed by atoms with Crippen molar-refractivity contribution in [3.05, 3.63) is 0 Å². The molecule has 3 fully saturated rings. The number of carbonyl (C=O) groups excluding carboxylic acids is 2. The Morgan fingerprint density at radius 1 is 1.06 bits per heavy atom. The largest absolute Gasteiger partial charge is 0.459 e. The SMILES string of the molecule is CC(C)CC(OC1C2CC3C1OC(=O)C3C2C(=O)OC(C(F)(F)F)C(F)(F)F)C(C)(C)C. The minimum Gasteiger partial charge on any atom is -0.459 e. The third-order valence-electron chi connectivity index (χ3n) is 6.62. The van der Waals surface area contributed by atoms with Gasteiger partial charge in [0, 0.05) is 11.8 Å². The first kappa shape index (κ1) is 25.1. The summed E-state index contributed by atoms with van der Waals surface area (Å²) in [6.45, 7) is 9.81. The molecule has 3 rings (SSSR count). The van der Waals surface area contributed by atoms with Crippen LogP contribution in [0.25, 0.3) is 0 Å². The van der Waals surface area contributed by atoms with Gasteiger partial charge in [-0.1, -0.05) is 34.6 Å². The summed E-state index contributed by atoms with van der Waals surface area (Å²) in [5.74, 6) is -6.08. The first-order valence-corrected chi connectivity index (χ1v) is 10.6. The van der Waals surface area contributed by atoms with Crippen LogP contribution in [0.4, 0.5) is 26.3 Å². The van der Waals surface area contributed by atoms with Crippen molar-refractivity contribution in [1.29, 1.82) is 0 Å². The number of rotatable bonds is 6. The topological polar surface area (TPSA) is 61.8 Å². The number of halogens is 6. The maximum atomic E-state index is 12.9. The summed E-state index contributed by atoms with van der Waals surface area (Å²) >= 11 is 0. The van der Waals surface area contributed by atoms with Gasteiger partial charge in [0.1, 0.15) is 6.10 Å². The molecule has 1 aliphatic heterocycles. The molecular weight excluding hydrogens is 446 g/mol. The van der Waals surface area contributed by atoms with Gasteiger partial charge in [-0.05, 0) is 24.2 Å². The molecule has 0 aromatic rings. The summed E-state index contributed by atoms with van der Waals surface area (Å²) in [4.78, 5) is 25.0. The summed E-state index contributed by atoms with van der Waals surface area (Å²) in [6, 6.07) is 0. The molecule has 0 aromatic heterocycles. The number of alkyl halides is 6. The molecule has 184 valence electrons. The van der Waals surface area contributed by atoms with Crippen molar-refractivity contribution in [2.75, 3.05) is 0 Å². The van der Waals surface area contributed by atoms with Gasteiger partial charge in [0.15, 0.2) is 0 Å². The lowest BCUT2D eigenvalue weighted by Crippen LogP contribution is -2.50. The van der Waals surface area contributed by atoms with Crippen LogP contribution in [-0.2, 0) is 23.8 Å². The van der Waals surface area contributed by atoms with E-state index in [9.17, 15) is 35.9 Å². The summed E-state index contributed by atoms with van der Waals surface area (Å²) in [5, 5.41) is 0. The third-order valence-corrected chi connectivity index (χ3v) is 6.62. The van der Waals surface area contributed by atoms with Gasteiger partial charge in [-0.2, -0.15) is 26.3 Å². The molecule has 0 spiro atoms. The van der Waals surface area contributed by atoms with Crippen LogP contribution in [0.5, 0.6) is 0 Å². The van der Waals surface area contributed by atoms with Gasteiger partial charge in [-0.3, -0.25) is 9.59 Å². The van der Waals surface area contributed by atoms with Gasteiger partial charge in [-0.25, -0.2) is 0 Å². The second-order valence-corrected chi connectivity index (χ2v) is 10.5. The Morgan fingerprint density at radius 3 is 2.09 bits per heavy atom. The number of ether oxygens (including phenoxy) is 3. The third kappa shape index (κ3) is 4.59. The molecule has 32 heavy (non-hydrogen) atoms. The van der Waals surface area contributed by atoms with E-state index in [0.717, 1.165) is 0 Å².